The largest absolute Gasteiger partial charge is 0.512 e. The molecule has 30 heavy (non-hydrogen) atoms. The first-order valence-electron chi connectivity index (χ1n) is 11.0. The van der Waals surface area contributed by atoms with Crippen LogP contribution in [0.2, 0.25) is 0 Å². The van der Waals surface area contributed by atoms with E-state index >= 15 is 0 Å². The maximum Gasteiger partial charge on any atom is 0.303 e. The zero-order chi connectivity index (χ0) is 21.3. The fraction of sp³-hybridized carbons (Fsp3) is 0.480. The zero-order valence-electron chi connectivity index (χ0n) is 17.4. The fourth-order valence-electron chi connectivity index (χ4n) is 4.37. The molecule has 0 spiro atoms. The molecule has 3 N–H and O–H groups in total. The molecule has 1 aliphatic heterocycles. The van der Waals surface area contributed by atoms with Crippen molar-refractivity contribution in [1.82, 2.24) is 0 Å². The van der Waals surface area contributed by atoms with Crippen LogP contribution in [-0.4, -0.2) is 27.0 Å². The molecule has 1 aromatic rings. The van der Waals surface area contributed by atoms with E-state index < -0.39 is 5.97 Å². The first-order valence-corrected chi connectivity index (χ1v) is 12.0. The van der Waals surface area contributed by atoms with Gasteiger partial charge in [0.2, 0.25) is 0 Å². The molecule has 0 amide bonds. The van der Waals surface area contributed by atoms with Gasteiger partial charge in [-0.15, -0.1) is 11.8 Å². The van der Waals surface area contributed by atoms with E-state index in [4.69, 9.17) is 5.11 Å². The maximum absolute atomic E-state index is 10.6. The van der Waals surface area contributed by atoms with Crippen molar-refractivity contribution in [3.63, 3.8) is 0 Å². The highest BCUT2D eigenvalue weighted by Gasteiger charge is 2.33. The number of phenols is 1. The second-order valence-corrected chi connectivity index (χ2v) is 9.28. The summed E-state index contributed by atoms with van der Waals surface area (Å²) in [5, 5.41) is 28.4. The number of aliphatic carboxylic acids is 1. The van der Waals surface area contributed by atoms with Crippen LogP contribution in [-0.2, 0) is 4.79 Å². The van der Waals surface area contributed by atoms with Gasteiger partial charge in [-0.3, -0.25) is 4.79 Å². The van der Waals surface area contributed by atoms with Crippen molar-refractivity contribution >= 4 is 17.7 Å². The Morgan fingerprint density at radius 3 is 2.40 bits per heavy atom. The third-order valence-electron chi connectivity index (χ3n) is 6.02. The van der Waals surface area contributed by atoms with Crippen molar-refractivity contribution in [2.24, 2.45) is 5.92 Å². The van der Waals surface area contributed by atoms with Gasteiger partial charge < -0.3 is 15.3 Å². The number of fused-ring (bicyclic) bond motifs is 1. The predicted octanol–water partition coefficient (Wildman–Crippen LogP) is 6.70. The topological polar surface area (TPSA) is 77.8 Å². The number of aliphatic hydroxyl groups is 1. The van der Waals surface area contributed by atoms with Crippen molar-refractivity contribution in [3.8, 4) is 5.75 Å². The Kier molecular flexibility index (Phi) is 8.50. The third-order valence-corrected chi connectivity index (χ3v) is 7.26. The number of thioether (sulfide) groups is 1. The lowest BCUT2D eigenvalue weighted by Gasteiger charge is -2.35. The van der Waals surface area contributed by atoms with E-state index in [9.17, 15) is 15.0 Å². The highest BCUT2D eigenvalue weighted by molar-refractivity contribution is 8.03. The predicted molar refractivity (Wildman–Crippen MR) is 123 cm³/mol. The Hall–Kier alpha value is -2.14. The molecule has 5 heteroatoms. The van der Waals surface area contributed by atoms with Gasteiger partial charge in [0.25, 0.3) is 0 Å². The molecule has 2 unspecified atom stereocenters. The number of hydrogen-bond donors (Lipinski definition) is 3. The number of rotatable bonds is 10. The average Bonchev–Trinajstić information content (AvgIpc) is 2.92. The number of carboxylic acid groups (broad SMARTS) is 1. The van der Waals surface area contributed by atoms with Crippen LogP contribution in [0.25, 0.3) is 0 Å². The summed E-state index contributed by atoms with van der Waals surface area (Å²) in [7, 11) is 0. The second kappa shape index (κ2) is 11.3. The van der Waals surface area contributed by atoms with Gasteiger partial charge >= 0.3 is 5.97 Å². The highest BCUT2D eigenvalue weighted by Crippen LogP contribution is 2.49. The van der Waals surface area contributed by atoms with Gasteiger partial charge in [0.05, 0.1) is 5.76 Å². The summed E-state index contributed by atoms with van der Waals surface area (Å²) < 4.78 is 0. The van der Waals surface area contributed by atoms with Gasteiger partial charge in [0.15, 0.2) is 0 Å². The minimum atomic E-state index is -0.703. The zero-order valence-corrected chi connectivity index (χ0v) is 18.2. The molecule has 1 aromatic carbocycles. The van der Waals surface area contributed by atoms with Gasteiger partial charge in [0.1, 0.15) is 5.75 Å². The Balaban J connectivity index is 1.62. The summed E-state index contributed by atoms with van der Waals surface area (Å²) in [6, 6.07) is 7.62. The number of aliphatic hydroxyl groups excluding tert-OH is 1. The van der Waals surface area contributed by atoms with Crippen molar-refractivity contribution < 1.29 is 20.1 Å². The Bertz CT molecular complexity index is 807. The van der Waals surface area contributed by atoms with Crippen LogP contribution in [0, 0.1) is 5.92 Å². The van der Waals surface area contributed by atoms with Gasteiger partial charge in [-0.1, -0.05) is 56.4 Å². The smallest absolute Gasteiger partial charge is 0.303 e. The van der Waals surface area contributed by atoms with E-state index in [1.54, 1.807) is 12.1 Å². The summed E-state index contributed by atoms with van der Waals surface area (Å²) in [4.78, 5) is 11.9. The van der Waals surface area contributed by atoms with Crippen LogP contribution in [0.1, 0.15) is 69.3 Å². The van der Waals surface area contributed by atoms with Gasteiger partial charge in [-0.25, -0.2) is 0 Å². The number of benzene rings is 1. The van der Waals surface area contributed by atoms with Crippen LogP contribution in [0.5, 0.6) is 5.75 Å². The molecule has 0 radical (unpaired) electrons. The molecule has 2 aliphatic rings. The quantitative estimate of drug-likeness (QED) is 0.361. The molecule has 4 nitrogen and oxygen atoms in total. The van der Waals surface area contributed by atoms with Crippen LogP contribution in [0.3, 0.4) is 0 Å². The lowest BCUT2D eigenvalue weighted by molar-refractivity contribution is -0.137. The van der Waals surface area contributed by atoms with Gasteiger partial charge in [0, 0.05) is 29.4 Å². The second-order valence-electron chi connectivity index (χ2n) is 8.22. The summed E-state index contributed by atoms with van der Waals surface area (Å²) >= 11 is 1.87. The molecule has 2 atom stereocenters. The van der Waals surface area contributed by atoms with Crippen molar-refractivity contribution in [2.75, 3.05) is 5.75 Å². The summed E-state index contributed by atoms with van der Waals surface area (Å²) in [5.74, 6) is 1.80. The van der Waals surface area contributed by atoms with E-state index in [1.807, 2.05) is 30.0 Å². The van der Waals surface area contributed by atoms with Crippen LogP contribution in [0.4, 0.5) is 0 Å². The van der Waals surface area contributed by atoms with Gasteiger partial charge in [-0.05, 0) is 48.1 Å². The molecular weight excluding hydrogens is 396 g/mol. The molecule has 1 fully saturated rings. The number of unbranched alkanes of at least 4 members (excludes halogenated alkanes) is 5. The lowest BCUT2D eigenvalue weighted by atomic mass is 9.78. The van der Waals surface area contributed by atoms with Crippen LogP contribution in [0.15, 0.2) is 58.7 Å². The number of carboxylic acids is 1. The van der Waals surface area contributed by atoms with Crippen LogP contribution < -0.4 is 0 Å². The Morgan fingerprint density at radius 2 is 1.67 bits per heavy atom. The third kappa shape index (κ3) is 6.43. The molecule has 1 heterocycles. The SMILES string of the molecule is O=C(O)CCCCCCCCC1C2=CC=C(O)CC=C2SCC1c1ccc(O)cc1. The molecule has 0 saturated carbocycles. The highest BCUT2D eigenvalue weighted by atomic mass is 32.2. The molecule has 1 aliphatic carbocycles. The number of allylic oxidation sites excluding steroid dienone is 4. The summed E-state index contributed by atoms with van der Waals surface area (Å²) in [6.07, 6.45) is 14.4. The van der Waals surface area contributed by atoms with E-state index in [1.165, 1.54) is 16.0 Å². The monoisotopic (exact) mass is 428 g/mol. The number of carbonyl (C=O) groups is 1. The summed E-state index contributed by atoms with van der Waals surface area (Å²) in [6.45, 7) is 0. The van der Waals surface area contributed by atoms with Crippen molar-refractivity contribution in [3.05, 3.63) is 64.3 Å². The van der Waals surface area contributed by atoms with Crippen LogP contribution >= 0.6 is 11.8 Å². The number of aromatic hydroxyl groups is 1. The Morgan fingerprint density at radius 1 is 0.967 bits per heavy atom. The first-order chi connectivity index (χ1) is 14.5. The van der Waals surface area contributed by atoms with E-state index in [2.05, 4.69) is 12.2 Å². The van der Waals surface area contributed by atoms with E-state index in [-0.39, 0.29) is 6.42 Å². The molecule has 1 saturated heterocycles. The average molecular weight is 429 g/mol. The first kappa shape index (κ1) is 22.5. The normalized spacial score (nSPS) is 21.1. The number of hydrogen-bond acceptors (Lipinski definition) is 4. The fourth-order valence-corrected chi connectivity index (χ4v) is 5.74. The molecule has 3 rings (SSSR count). The van der Waals surface area contributed by atoms with Crippen molar-refractivity contribution in [2.45, 2.75) is 63.7 Å². The minimum Gasteiger partial charge on any atom is -0.512 e. The van der Waals surface area contributed by atoms with Crippen molar-refractivity contribution in [1.29, 1.82) is 0 Å². The minimum absolute atomic E-state index is 0.275. The molecule has 0 bridgehead atoms. The van der Waals surface area contributed by atoms with E-state index in [0.717, 1.165) is 50.7 Å². The standard InChI is InChI=1S/C25H32O4S/c26-19-11-9-18(10-12-19)23-17-30-24-16-14-20(27)13-15-22(24)21(23)7-5-3-1-2-4-6-8-25(28)29/h9-13,15-16,21,23,26-27H,1-8,14,17H2,(H,28,29). The lowest BCUT2D eigenvalue weighted by Crippen LogP contribution is -2.23. The maximum atomic E-state index is 10.6. The van der Waals surface area contributed by atoms with Gasteiger partial charge in [-0.2, -0.15) is 0 Å². The number of phenolic OH excluding ortho intramolecular Hbond substituents is 1. The van der Waals surface area contributed by atoms with E-state index in [0.29, 0.717) is 29.8 Å². The molecular formula is C25H32O4S. The molecule has 162 valence electrons. The molecule has 0 aromatic heterocycles. The summed E-state index contributed by atoms with van der Waals surface area (Å²) in [5.41, 5.74) is 2.59. The Labute approximate surface area is 183 Å².